The molecule has 0 saturated carbocycles. The second-order valence-electron chi connectivity index (χ2n) is 4.84. The van der Waals surface area contributed by atoms with Crippen LogP contribution < -0.4 is 0 Å². The molecule has 0 aliphatic rings. The van der Waals surface area contributed by atoms with E-state index < -0.39 is 10.9 Å². The van der Waals surface area contributed by atoms with E-state index in [0.29, 0.717) is 11.6 Å². The quantitative estimate of drug-likeness (QED) is 0.272. The highest BCUT2D eigenvalue weighted by atomic mass is 32.2. The third-order valence-electron chi connectivity index (χ3n) is 3.26. The molecule has 0 N–H and O–H groups in total. The van der Waals surface area contributed by atoms with Crippen molar-refractivity contribution in [3.05, 3.63) is 63.3 Å². The molecular weight excluding hydrogens is 364 g/mol. The van der Waals surface area contributed by atoms with Gasteiger partial charge in [0.1, 0.15) is 24.1 Å². The molecule has 0 saturated heterocycles. The molecule has 0 radical (unpaired) electrons. The van der Waals surface area contributed by atoms with E-state index in [9.17, 15) is 14.9 Å². The first-order valence-corrected chi connectivity index (χ1v) is 9.16. The van der Waals surface area contributed by atoms with Crippen molar-refractivity contribution in [3.8, 4) is 10.8 Å². The number of nitro groups is 1. The van der Waals surface area contributed by atoms with Crippen molar-refractivity contribution >= 4 is 34.8 Å². The highest BCUT2D eigenvalue weighted by molar-refractivity contribution is 7.98. The number of aromatic nitrogens is 1. The zero-order valence-corrected chi connectivity index (χ0v) is 14.6. The van der Waals surface area contributed by atoms with E-state index >= 15 is 0 Å². The molecule has 2 aromatic heterocycles. The molecule has 0 atom stereocenters. The molecule has 0 bridgehead atoms. The van der Waals surface area contributed by atoms with Gasteiger partial charge in [-0.15, -0.1) is 23.1 Å². The van der Waals surface area contributed by atoms with Crippen molar-refractivity contribution in [2.75, 3.05) is 6.26 Å². The van der Waals surface area contributed by atoms with Crippen molar-refractivity contribution in [2.45, 2.75) is 11.5 Å². The highest BCUT2D eigenvalue weighted by Gasteiger charge is 2.22. The van der Waals surface area contributed by atoms with Crippen LogP contribution in [0.25, 0.3) is 10.8 Å². The monoisotopic (exact) mass is 376 g/mol. The number of carbonyl (C=O) groups excluding carboxylic acids is 1. The van der Waals surface area contributed by atoms with Crippen molar-refractivity contribution in [1.29, 1.82) is 0 Å². The fraction of sp³-hybridized carbons (Fsp3) is 0.125. The molecule has 0 aliphatic heterocycles. The van der Waals surface area contributed by atoms with Gasteiger partial charge in [-0.1, -0.05) is 6.07 Å². The van der Waals surface area contributed by atoms with Crippen molar-refractivity contribution in [2.24, 2.45) is 0 Å². The maximum atomic E-state index is 12.3. The number of carbonyl (C=O) groups is 1. The standard InChI is InChI=1S/C16H12N2O5S2/c1-24-11-4-5-13(18(20)21)12(7-11)16(19)23-9-10-8-22-15(17-10)14-3-2-6-25-14/h2-8H,9H2,1H3. The van der Waals surface area contributed by atoms with Crippen LogP contribution in [0.1, 0.15) is 16.1 Å². The largest absolute Gasteiger partial charge is 0.455 e. The lowest BCUT2D eigenvalue weighted by Crippen LogP contribution is -2.08. The fourth-order valence-electron chi connectivity index (χ4n) is 2.07. The van der Waals surface area contributed by atoms with Gasteiger partial charge < -0.3 is 9.15 Å². The Morgan fingerprint density at radius 3 is 2.96 bits per heavy atom. The summed E-state index contributed by atoms with van der Waals surface area (Å²) in [6.07, 6.45) is 3.22. The van der Waals surface area contributed by atoms with Gasteiger partial charge in [0.2, 0.25) is 5.89 Å². The number of thiophene rings is 1. The van der Waals surface area contributed by atoms with Gasteiger partial charge in [-0.05, 0) is 29.8 Å². The summed E-state index contributed by atoms with van der Waals surface area (Å²) < 4.78 is 10.5. The third-order valence-corrected chi connectivity index (χ3v) is 4.84. The summed E-state index contributed by atoms with van der Waals surface area (Å²) in [5.41, 5.74) is 0.0569. The molecule has 1 aromatic carbocycles. The lowest BCUT2D eigenvalue weighted by atomic mass is 10.2. The number of hydrogen-bond acceptors (Lipinski definition) is 8. The van der Waals surface area contributed by atoms with Crippen LogP contribution in [0.4, 0.5) is 5.69 Å². The van der Waals surface area contributed by atoms with Gasteiger partial charge in [0.25, 0.3) is 5.69 Å². The number of esters is 1. The van der Waals surface area contributed by atoms with Gasteiger partial charge in [-0.2, -0.15) is 0 Å². The maximum Gasteiger partial charge on any atom is 0.345 e. The van der Waals surface area contributed by atoms with Crippen molar-refractivity contribution in [1.82, 2.24) is 4.98 Å². The molecule has 0 amide bonds. The van der Waals surface area contributed by atoms with E-state index in [0.717, 1.165) is 9.77 Å². The predicted octanol–water partition coefficient (Wildman–Crippen LogP) is 4.39. The normalized spacial score (nSPS) is 10.6. The number of thioether (sulfide) groups is 1. The first-order chi connectivity index (χ1) is 12.1. The Labute approximate surface area is 150 Å². The number of benzene rings is 1. The van der Waals surface area contributed by atoms with Gasteiger partial charge in [0, 0.05) is 11.0 Å². The highest BCUT2D eigenvalue weighted by Crippen LogP contribution is 2.26. The maximum absolute atomic E-state index is 12.3. The van der Waals surface area contributed by atoms with Gasteiger partial charge in [0.05, 0.1) is 9.80 Å². The van der Waals surface area contributed by atoms with Crippen molar-refractivity contribution in [3.63, 3.8) is 0 Å². The SMILES string of the molecule is CSc1ccc([N+](=O)[O-])c(C(=O)OCc2coc(-c3cccs3)n2)c1. The van der Waals surface area contributed by atoms with Gasteiger partial charge in [-0.25, -0.2) is 9.78 Å². The summed E-state index contributed by atoms with van der Waals surface area (Å²) in [5.74, 6) is -0.334. The van der Waals surface area contributed by atoms with Gasteiger partial charge in [0.15, 0.2) is 0 Å². The molecule has 7 nitrogen and oxygen atoms in total. The lowest BCUT2D eigenvalue weighted by molar-refractivity contribution is -0.385. The Morgan fingerprint density at radius 2 is 2.28 bits per heavy atom. The molecule has 0 unspecified atom stereocenters. The average Bonchev–Trinajstić information content (AvgIpc) is 3.30. The van der Waals surface area contributed by atoms with Crippen LogP contribution in [0.15, 0.2) is 51.3 Å². The molecule has 25 heavy (non-hydrogen) atoms. The van der Waals surface area contributed by atoms with Crippen LogP contribution in [0.5, 0.6) is 0 Å². The van der Waals surface area contributed by atoms with Crippen LogP contribution in [0.2, 0.25) is 0 Å². The molecule has 0 spiro atoms. The van der Waals surface area contributed by atoms with Crippen LogP contribution in [-0.2, 0) is 11.3 Å². The molecular formula is C16H12N2O5S2. The number of ether oxygens (including phenoxy) is 1. The van der Waals surface area contributed by atoms with E-state index in [4.69, 9.17) is 9.15 Å². The second-order valence-corrected chi connectivity index (χ2v) is 6.66. The molecule has 9 heteroatoms. The number of rotatable bonds is 6. The minimum Gasteiger partial charge on any atom is -0.455 e. The first-order valence-electron chi connectivity index (χ1n) is 7.06. The van der Waals surface area contributed by atoms with E-state index in [1.807, 2.05) is 23.8 Å². The Morgan fingerprint density at radius 1 is 1.44 bits per heavy atom. The minimum absolute atomic E-state index is 0.0844. The van der Waals surface area contributed by atoms with Crippen molar-refractivity contribution < 1.29 is 18.9 Å². The summed E-state index contributed by atoms with van der Waals surface area (Å²) in [6, 6.07) is 8.08. The Hall–Kier alpha value is -2.65. The minimum atomic E-state index is -0.775. The van der Waals surface area contributed by atoms with E-state index in [-0.39, 0.29) is 17.9 Å². The van der Waals surface area contributed by atoms with Crippen LogP contribution in [-0.4, -0.2) is 22.1 Å². The second kappa shape index (κ2) is 7.49. The predicted molar refractivity (Wildman–Crippen MR) is 93.8 cm³/mol. The Bertz CT molecular complexity index is 905. The zero-order chi connectivity index (χ0) is 17.8. The smallest absolute Gasteiger partial charge is 0.345 e. The molecule has 0 aliphatic carbocycles. The fourth-order valence-corrected chi connectivity index (χ4v) is 3.16. The summed E-state index contributed by atoms with van der Waals surface area (Å²) in [5, 5.41) is 13.0. The van der Waals surface area contributed by atoms with Crippen LogP contribution >= 0.6 is 23.1 Å². The molecule has 3 aromatic rings. The molecule has 3 rings (SSSR count). The molecule has 128 valence electrons. The van der Waals surface area contributed by atoms with Crippen LogP contribution in [0.3, 0.4) is 0 Å². The van der Waals surface area contributed by atoms with E-state index in [1.54, 1.807) is 6.07 Å². The average molecular weight is 376 g/mol. The van der Waals surface area contributed by atoms with Gasteiger partial charge >= 0.3 is 5.97 Å². The number of oxazole rings is 1. The molecule has 2 heterocycles. The van der Waals surface area contributed by atoms with E-state index in [1.165, 1.54) is 41.5 Å². The lowest BCUT2D eigenvalue weighted by Gasteiger charge is -2.05. The molecule has 0 fully saturated rings. The summed E-state index contributed by atoms with van der Waals surface area (Å²) in [6.45, 7) is -0.131. The van der Waals surface area contributed by atoms with E-state index in [2.05, 4.69) is 4.98 Å². The number of nitrogens with zero attached hydrogens (tertiary/aromatic N) is 2. The topological polar surface area (TPSA) is 95.5 Å². The summed E-state index contributed by atoms with van der Waals surface area (Å²) in [4.78, 5) is 28.6. The number of hydrogen-bond donors (Lipinski definition) is 0. The van der Waals surface area contributed by atoms with Crippen LogP contribution in [0, 0.1) is 10.1 Å². The summed E-state index contributed by atoms with van der Waals surface area (Å²) >= 11 is 2.86. The Balaban J connectivity index is 1.73. The third kappa shape index (κ3) is 3.89. The van der Waals surface area contributed by atoms with Gasteiger partial charge in [-0.3, -0.25) is 10.1 Å². The zero-order valence-electron chi connectivity index (χ0n) is 13.0. The number of nitro benzene ring substituents is 1. The first kappa shape index (κ1) is 17.2. The summed E-state index contributed by atoms with van der Waals surface area (Å²) in [7, 11) is 0. The Kier molecular flexibility index (Phi) is 5.15.